The molecule has 3 N–H and O–H groups in total. The fraction of sp³-hybridized carbons (Fsp3) is 0.250. The van der Waals surface area contributed by atoms with Gasteiger partial charge in [-0.05, 0) is 34.0 Å². The molecule has 2 nitrogen and oxygen atoms in total. The molecule has 0 amide bonds. The lowest BCUT2D eigenvalue weighted by molar-refractivity contribution is 0.466. The summed E-state index contributed by atoms with van der Waals surface area (Å²) in [4.78, 5) is 0. The minimum absolute atomic E-state index is 0.285. The fourth-order valence-electron chi connectivity index (χ4n) is 0.861. The molecule has 0 radical (unpaired) electrons. The monoisotopic (exact) mass is 215 g/mol. The molecule has 0 saturated carbocycles. The first-order chi connectivity index (χ1) is 5.16. The highest BCUT2D eigenvalue weighted by Crippen LogP contribution is 2.30. The summed E-state index contributed by atoms with van der Waals surface area (Å²) in [6.07, 6.45) is 0. The van der Waals surface area contributed by atoms with Crippen molar-refractivity contribution in [3.8, 4) is 5.75 Å². The highest BCUT2D eigenvalue weighted by Gasteiger charge is 2.04. The molecular formula is C8H10BrNO. The van der Waals surface area contributed by atoms with Crippen molar-refractivity contribution in [1.29, 1.82) is 0 Å². The topological polar surface area (TPSA) is 46.2 Å². The Kier molecular flexibility index (Phi) is 2.52. The minimum atomic E-state index is 0.285. The standard InChI is InChI=1S/C8H10BrNO/c1-5-2-3-6(4-10)7(9)8(5)11/h2-3,11H,4,10H2,1H3. The first-order valence-corrected chi connectivity index (χ1v) is 4.13. The van der Waals surface area contributed by atoms with E-state index in [1.807, 2.05) is 19.1 Å². The average Bonchev–Trinajstić information content (AvgIpc) is 2.01. The smallest absolute Gasteiger partial charge is 0.132 e. The molecule has 0 bridgehead atoms. The van der Waals surface area contributed by atoms with Gasteiger partial charge in [0, 0.05) is 6.54 Å². The molecule has 0 aliphatic carbocycles. The van der Waals surface area contributed by atoms with Crippen LogP contribution >= 0.6 is 15.9 Å². The molecule has 0 aromatic heterocycles. The zero-order valence-corrected chi connectivity index (χ0v) is 7.85. The van der Waals surface area contributed by atoms with Crippen LogP contribution in [0.1, 0.15) is 11.1 Å². The number of aryl methyl sites for hydroxylation is 1. The van der Waals surface area contributed by atoms with Gasteiger partial charge in [0.05, 0.1) is 4.47 Å². The maximum atomic E-state index is 9.42. The van der Waals surface area contributed by atoms with Gasteiger partial charge in [-0.25, -0.2) is 0 Å². The Morgan fingerprint density at radius 3 is 2.73 bits per heavy atom. The Labute approximate surface area is 74.2 Å². The lowest BCUT2D eigenvalue weighted by Gasteiger charge is -2.05. The summed E-state index contributed by atoms with van der Waals surface area (Å²) in [5, 5.41) is 9.42. The summed E-state index contributed by atoms with van der Waals surface area (Å²) in [5.41, 5.74) is 7.21. The summed E-state index contributed by atoms with van der Waals surface area (Å²) in [6.45, 7) is 2.29. The third-order valence-corrected chi connectivity index (χ3v) is 2.50. The van der Waals surface area contributed by atoms with Crippen LogP contribution in [0, 0.1) is 6.92 Å². The molecule has 1 rings (SSSR count). The number of halogens is 1. The van der Waals surface area contributed by atoms with Crippen LogP contribution in [0.2, 0.25) is 0 Å². The van der Waals surface area contributed by atoms with Crippen molar-refractivity contribution >= 4 is 15.9 Å². The summed E-state index contributed by atoms with van der Waals surface area (Å²) in [5.74, 6) is 0.285. The van der Waals surface area contributed by atoms with Crippen LogP contribution in [0.4, 0.5) is 0 Å². The fourth-order valence-corrected chi connectivity index (χ4v) is 1.47. The Hall–Kier alpha value is -0.540. The number of nitrogens with two attached hydrogens (primary N) is 1. The predicted octanol–water partition coefficient (Wildman–Crippen LogP) is 1.92. The van der Waals surface area contributed by atoms with Gasteiger partial charge in [-0.3, -0.25) is 0 Å². The molecule has 0 aliphatic heterocycles. The van der Waals surface area contributed by atoms with Crippen molar-refractivity contribution in [2.45, 2.75) is 13.5 Å². The lowest BCUT2D eigenvalue weighted by atomic mass is 10.1. The molecule has 60 valence electrons. The van der Waals surface area contributed by atoms with E-state index in [1.165, 1.54) is 0 Å². The van der Waals surface area contributed by atoms with E-state index >= 15 is 0 Å². The number of benzene rings is 1. The number of aromatic hydroxyl groups is 1. The Morgan fingerprint density at radius 1 is 1.55 bits per heavy atom. The van der Waals surface area contributed by atoms with Crippen molar-refractivity contribution in [3.63, 3.8) is 0 Å². The molecule has 0 heterocycles. The second kappa shape index (κ2) is 3.24. The van der Waals surface area contributed by atoms with E-state index in [-0.39, 0.29) is 5.75 Å². The van der Waals surface area contributed by atoms with Gasteiger partial charge in [0.25, 0.3) is 0 Å². The van der Waals surface area contributed by atoms with Crippen LogP contribution in [-0.2, 0) is 6.54 Å². The van der Waals surface area contributed by atoms with Crippen molar-refractivity contribution in [2.24, 2.45) is 5.73 Å². The second-order valence-corrected chi connectivity index (χ2v) is 3.20. The van der Waals surface area contributed by atoms with E-state index < -0.39 is 0 Å². The number of rotatable bonds is 1. The van der Waals surface area contributed by atoms with E-state index in [9.17, 15) is 5.11 Å². The molecule has 0 aliphatic rings. The van der Waals surface area contributed by atoms with Gasteiger partial charge >= 0.3 is 0 Å². The minimum Gasteiger partial charge on any atom is -0.506 e. The average molecular weight is 216 g/mol. The maximum Gasteiger partial charge on any atom is 0.132 e. The largest absolute Gasteiger partial charge is 0.506 e. The highest BCUT2D eigenvalue weighted by atomic mass is 79.9. The maximum absolute atomic E-state index is 9.42. The molecule has 0 atom stereocenters. The Bertz CT molecular complexity index is 273. The van der Waals surface area contributed by atoms with E-state index in [0.29, 0.717) is 11.0 Å². The lowest BCUT2D eigenvalue weighted by Crippen LogP contribution is -1.97. The molecule has 0 spiro atoms. The van der Waals surface area contributed by atoms with Gasteiger partial charge in [-0.15, -0.1) is 0 Å². The van der Waals surface area contributed by atoms with Crippen molar-refractivity contribution in [2.75, 3.05) is 0 Å². The summed E-state index contributed by atoms with van der Waals surface area (Å²) >= 11 is 3.26. The first kappa shape index (κ1) is 8.56. The van der Waals surface area contributed by atoms with Gasteiger partial charge < -0.3 is 10.8 Å². The van der Waals surface area contributed by atoms with Gasteiger partial charge in [-0.2, -0.15) is 0 Å². The number of hydrogen-bond donors (Lipinski definition) is 2. The van der Waals surface area contributed by atoms with Gasteiger partial charge in [0.1, 0.15) is 5.75 Å². The predicted molar refractivity (Wildman–Crippen MR) is 48.4 cm³/mol. The molecular weight excluding hydrogens is 206 g/mol. The van der Waals surface area contributed by atoms with Crippen LogP contribution in [0.5, 0.6) is 5.75 Å². The number of phenolic OH excluding ortho intramolecular Hbond substituents is 1. The molecule has 0 fully saturated rings. The molecule has 0 saturated heterocycles. The van der Waals surface area contributed by atoms with Crippen LogP contribution in [0.15, 0.2) is 16.6 Å². The second-order valence-electron chi connectivity index (χ2n) is 2.41. The zero-order chi connectivity index (χ0) is 8.43. The van der Waals surface area contributed by atoms with E-state index in [2.05, 4.69) is 15.9 Å². The molecule has 11 heavy (non-hydrogen) atoms. The molecule has 3 heteroatoms. The van der Waals surface area contributed by atoms with Gasteiger partial charge in [0.2, 0.25) is 0 Å². The van der Waals surface area contributed by atoms with Crippen molar-refractivity contribution in [3.05, 3.63) is 27.7 Å². The summed E-state index contributed by atoms with van der Waals surface area (Å²) in [7, 11) is 0. The van der Waals surface area contributed by atoms with Crippen LogP contribution in [0.3, 0.4) is 0 Å². The first-order valence-electron chi connectivity index (χ1n) is 3.34. The van der Waals surface area contributed by atoms with E-state index in [1.54, 1.807) is 0 Å². The van der Waals surface area contributed by atoms with E-state index in [4.69, 9.17) is 5.73 Å². The number of hydrogen-bond acceptors (Lipinski definition) is 2. The van der Waals surface area contributed by atoms with Crippen LogP contribution < -0.4 is 5.73 Å². The van der Waals surface area contributed by atoms with Crippen molar-refractivity contribution < 1.29 is 5.11 Å². The Morgan fingerprint density at radius 2 is 2.18 bits per heavy atom. The van der Waals surface area contributed by atoms with Gasteiger partial charge in [-0.1, -0.05) is 12.1 Å². The third-order valence-electron chi connectivity index (χ3n) is 1.62. The number of phenols is 1. The van der Waals surface area contributed by atoms with Crippen molar-refractivity contribution in [1.82, 2.24) is 0 Å². The highest BCUT2D eigenvalue weighted by molar-refractivity contribution is 9.10. The SMILES string of the molecule is Cc1ccc(CN)c(Br)c1O. The van der Waals surface area contributed by atoms with Crippen LogP contribution in [-0.4, -0.2) is 5.11 Å². The molecule has 1 aromatic rings. The molecule has 1 aromatic carbocycles. The molecule has 0 unspecified atom stereocenters. The van der Waals surface area contributed by atoms with E-state index in [0.717, 1.165) is 11.1 Å². The van der Waals surface area contributed by atoms with Crippen LogP contribution in [0.25, 0.3) is 0 Å². The zero-order valence-electron chi connectivity index (χ0n) is 6.26. The van der Waals surface area contributed by atoms with Gasteiger partial charge in [0.15, 0.2) is 0 Å². The summed E-state index contributed by atoms with van der Waals surface area (Å²) < 4.78 is 0.708. The summed E-state index contributed by atoms with van der Waals surface area (Å²) in [6, 6.07) is 3.75. The quantitative estimate of drug-likeness (QED) is 0.753. The normalized spacial score (nSPS) is 10.1. The third kappa shape index (κ3) is 1.54. The Balaban J connectivity index is 3.25.